The largest absolute Gasteiger partial charge is 0.375 e. The molecule has 0 bridgehead atoms. The molecule has 1 unspecified atom stereocenters. The zero-order valence-electron chi connectivity index (χ0n) is 17.6. The maximum absolute atomic E-state index is 14.0. The van der Waals surface area contributed by atoms with Crippen molar-refractivity contribution < 1.29 is 14.3 Å². The molecule has 1 aromatic rings. The van der Waals surface area contributed by atoms with Crippen molar-refractivity contribution in [3.63, 3.8) is 0 Å². The molecular formula is C24H35FN2O2. The van der Waals surface area contributed by atoms with Crippen molar-refractivity contribution in [3.05, 3.63) is 47.5 Å². The van der Waals surface area contributed by atoms with Crippen LogP contribution in [0.3, 0.4) is 0 Å². The van der Waals surface area contributed by atoms with E-state index < -0.39 is 12.3 Å². The van der Waals surface area contributed by atoms with Crippen LogP contribution in [0, 0.1) is 5.92 Å². The number of aliphatic hydroxyl groups is 1. The summed E-state index contributed by atoms with van der Waals surface area (Å²) in [4.78, 5) is 15.9. The van der Waals surface area contributed by atoms with E-state index >= 15 is 0 Å². The van der Waals surface area contributed by atoms with E-state index in [2.05, 4.69) is 5.32 Å². The summed E-state index contributed by atoms with van der Waals surface area (Å²) in [6.45, 7) is 3.58. The fraction of sp³-hybridized carbons (Fsp3) is 0.625. The van der Waals surface area contributed by atoms with Crippen molar-refractivity contribution in [2.24, 2.45) is 5.92 Å². The van der Waals surface area contributed by atoms with E-state index in [9.17, 15) is 14.3 Å². The fourth-order valence-corrected chi connectivity index (χ4v) is 4.86. The van der Waals surface area contributed by atoms with Crippen molar-refractivity contribution in [1.29, 1.82) is 0 Å². The van der Waals surface area contributed by atoms with Crippen LogP contribution in [0.1, 0.15) is 57.4 Å². The van der Waals surface area contributed by atoms with Gasteiger partial charge in [0, 0.05) is 18.5 Å². The molecule has 29 heavy (non-hydrogen) atoms. The number of amides is 1. The van der Waals surface area contributed by atoms with E-state index in [1.807, 2.05) is 41.3 Å². The predicted molar refractivity (Wildman–Crippen MR) is 114 cm³/mol. The van der Waals surface area contributed by atoms with E-state index in [0.29, 0.717) is 24.1 Å². The lowest BCUT2D eigenvalue weighted by atomic mass is 9.78. The van der Waals surface area contributed by atoms with Crippen LogP contribution in [0.25, 0.3) is 0 Å². The molecule has 0 aromatic heterocycles. The lowest BCUT2D eigenvalue weighted by Gasteiger charge is -2.42. The van der Waals surface area contributed by atoms with Crippen molar-refractivity contribution in [3.8, 4) is 0 Å². The number of nitrogens with one attached hydrogen (secondary N) is 1. The van der Waals surface area contributed by atoms with E-state index in [-0.39, 0.29) is 17.9 Å². The Hall–Kier alpha value is -1.72. The average molecular weight is 403 g/mol. The van der Waals surface area contributed by atoms with Gasteiger partial charge in [-0.1, -0.05) is 49.2 Å². The van der Waals surface area contributed by atoms with E-state index in [4.69, 9.17) is 0 Å². The molecule has 1 saturated carbocycles. The summed E-state index contributed by atoms with van der Waals surface area (Å²) in [6.07, 6.45) is 8.10. The Morgan fingerprint density at radius 2 is 1.86 bits per heavy atom. The first-order chi connectivity index (χ1) is 14.1. The smallest absolute Gasteiger partial charge is 0.259 e. The first kappa shape index (κ1) is 22.0. The van der Waals surface area contributed by atoms with Crippen LogP contribution >= 0.6 is 0 Å². The summed E-state index contributed by atoms with van der Waals surface area (Å²) in [5.41, 5.74) is -0.0928. The van der Waals surface area contributed by atoms with Crippen molar-refractivity contribution in [2.75, 3.05) is 26.3 Å². The summed E-state index contributed by atoms with van der Waals surface area (Å²) >= 11 is 0. The lowest BCUT2D eigenvalue weighted by Crippen LogP contribution is -2.56. The molecule has 1 saturated heterocycles. The molecule has 2 aliphatic rings. The molecule has 1 aromatic carbocycles. The minimum atomic E-state index is -1.48. The fourth-order valence-electron chi connectivity index (χ4n) is 4.86. The number of alkyl halides is 1. The van der Waals surface area contributed by atoms with Crippen LogP contribution in [0.2, 0.25) is 0 Å². The molecule has 1 atom stereocenters. The van der Waals surface area contributed by atoms with Crippen LogP contribution < -0.4 is 5.32 Å². The van der Waals surface area contributed by atoms with Gasteiger partial charge in [-0.3, -0.25) is 4.79 Å². The van der Waals surface area contributed by atoms with Gasteiger partial charge in [0.25, 0.3) is 5.91 Å². The molecule has 2 N–H and O–H groups in total. The quantitative estimate of drug-likeness (QED) is 0.648. The predicted octanol–water partition coefficient (Wildman–Crippen LogP) is 3.95. The Morgan fingerprint density at radius 3 is 2.48 bits per heavy atom. The second kappa shape index (κ2) is 10.4. The highest BCUT2D eigenvalue weighted by atomic mass is 19.1. The molecular weight excluding hydrogens is 367 g/mol. The van der Waals surface area contributed by atoms with Gasteiger partial charge < -0.3 is 15.3 Å². The topological polar surface area (TPSA) is 52.6 Å². The average Bonchev–Trinajstić information content (AvgIpc) is 3.32. The summed E-state index contributed by atoms with van der Waals surface area (Å²) in [7, 11) is 0. The van der Waals surface area contributed by atoms with Gasteiger partial charge in [0.05, 0.1) is 0 Å². The number of halogens is 1. The van der Waals surface area contributed by atoms with E-state index in [1.165, 1.54) is 0 Å². The Balaban J connectivity index is 1.91. The molecule has 0 spiro atoms. The van der Waals surface area contributed by atoms with Crippen LogP contribution in [0.5, 0.6) is 0 Å². The number of piperidine rings is 1. The third kappa shape index (κ3) is 5.07. The van der Waals surface area contributed by atoms with Gasteiger partial charge in [-0.15, -0.1) is 0 Å². The van der Waals surface area contributed by atoms with Crippen molar-refractivity contribution in [1.82, 2.24) is 10.2 Å². The molecule has 5 heteroatoms. The minimum absolute atomic E-state index is 0.0512. The highest BCUT2D eigenvalue weighted by molar-refractivity contribution is 5.87. The number of allylic oxidation sites excluding steroid dienone is 1. The maximum Gasteiger partial charge on any atom is 0.259 e. The number of carbonyl (C=O) groups is 1. The number of hydrogen-bond donors (Lipinski definition) is 2. The Kier molecular flexibility index (Phi) is 7.84. The van der Waals surface area contributed by atoms with Crippen LogP contribution in [0.4, 0.5) is 4.39 Å². The summed E-state index contributed by atoms with van der Waals surface area (Å²) in [5, 5.41) is 15.3. The monoisotopic (exact) mass is 402 g/mol. The zero-order valence-corrected chi connectivity index (χ0v) is 17.6. The highest BCUT2D eigenvalue weighted by Crippen LogP contribution is 2.42. The van der Waals surface area contributed by atoms with E-state index in [0.717, 1.165) is 51.6 Å². The lowest BCUT2D eigenvalue weighted by molar-refractivity contribution is -0.162. The highest BCUT2D eigenvalue weighted by Gasteiger charge is 2.49. The number of carbonyl (C=O) groups excluding carboxylic acids is 1. The van der Waals surface area contributed by atoms with E-state index in [1.54, 1.807) is 6.92 Å². The first-order valence-electron chi connectivity index (χ1n) is 11.1. The van der Waals surface area contributed by atoms with Gasteiger partial charge in [-0.05, 0) is 63.3 Å². The normalized spacial score (nSPS) is 21.1. The molecule has 2 fully saturated rings. The van der Waals surface area contributed by atoms with Crippen molar-refractivity contribution >= 4 is 5.91 Å². The second-order valence-corrected chi connectivity index (χ2v) is 8.57. The minimum Gasteiger partial charge on any atom is -0.375 e. The van der Waals surface area contributed by atoms with Crippen LogP contribution in [0.15, 0.2) is 42.0 Å². The number of hydrogen-bond acceptors (Lipinski definition) is 3. The summed E-state index contributed by atoms with van der Waals surface area (Å²) in [6, 6.07) is 9.57. The summed E-state index contributed by atoms with van der Waals surface area (Å²) < 4.78 is 12.8. The second-order valence-electron chi connectivity index (χ2n) is 8.57. The third-order valence-electron chi connectivity index (χ3n) is 6.57. The molecule has 1 heterocycles. The van der Waals surface area contributed by atoms with Gasteiger partial charge in [0.1, 0.15) is 6.67 Å². The SMILES string of the molecule is C/C(=C/CCN(C(=O)C(O)(c1ccccc1)C1CCCC1)C1CCNCC1)CF. The molecule has 4 nitrogen and oxygen atoms in total. The van der Waals surface area contributed by atoms with Crippen molar-refractivity contribution in [2.45, 2.75) is 63.5 Å². The van der Waals surface area contributed by atoms with Crippen LogP contribution in [-0.4, -0.2) is 48.3 Å². The van der Waals surface area contributed by atoms with Gasteiger partial charge in [0.2, 0.25) is 0 Å². The summed E-state index contributed by atoms with van der Waals surface area (Å²) in [5.74, 6) is -0.224. The molecule has 160 valence electrons. The first-order valence-corrected chi connectivity index (χ1v) is 11.1. The molecule has 3 rings (SSSR count). The number of benzene rings is 1. The third-order valence-corrected chi connectivity index (χ3v) is 6.57. The molecule has 1 aliphatic carbocycles. The molecule has 1 aliphatic heterocycles. The number of nitrogens with zero attached hydrogens (tertiary/aromatic N) is 1. The van der Waals surface area contributed by atoms with Gasteiger partial charge in [-0.25, -0.2) is 4.39 Å². The molecule has 0 radical (unpaired) electrons. The Morgan fingerprint density at radius 1 is 1.21 bits per heavy atom. The Labute approximate surface area is 174 Å². The standard InChI is InChI=1S/C24H35FN2O2/c1-19(18-25)8-7-17-27(22-13-15-26-16-14-22)23(28)24(29,21-11-5-6-12-21)20-9-3-2-4-10-20/h2-4,8-10,21-22,26,29H,5-7,11-18H2,1H3/b19-8-. The number of rotatable bonds is 8. The van der Waals surface area contributed by atoms with Gasteiger partial charge >= 0.3 is 0 Å². The van der Waals surface area contributed by atoms with Gasteiger partial charge in [-0.2, -0.15) is 0 Å². The van der Waals surface area contributed by atoms with Crippen LogP contribution in [-0.2, 0) is 10.4 Å². The van der Waals surface area contributed by atoms with Gasteiger partial charge in [0.15, 0.2) is 5.60 Å². The Bertz CT molecular complexity index is 681. The zero-order chi connectivity index (χ0) is 20.7. The molecule has 1 amide bonds. The maximum atomic E-state index is 14.0.